The molecule has 1 atom stereocenters. The molecule has 0 aromatic rings. The predicted octanol–water partition coefficient (Wildman–Crippen LogP) is 2.81. The molecule has 0 bridgehead atoms. The van der Waals surface area contributed by atoms with E-state index in [1.807, 2.05) is 0 Å². The first-order valence-electron chi connectivity index (χ1n) is 5.59. The number of ketones is 1. The molecule has 0 aliphatic heterocycles. The zero-order valence-corrected chi connectivity index (χ0v) is 9.64. The van der Waals surface area contributed by atoms with E-state index < -0.39 is 0 Å². The normalized spacial score (nSPS) is 25.2. The first kappa shape index (κ1) is 11.7. The maximum Gasteiger partial charge on any atom is 0.136 e. The molecular formula is C12H22O2. The molecule has 0 N–H and O–H groups in total. The van der Waals surface area contributed by atoms with E-state index >= 15 is 0 Å². The van der Waals surface area contributed by atoms with Gasteiger partial charge in [0.1, 0.15) is 5.78 Å². The van der Waals surface area contributed by atoms with Gasteiger partial charge in [-0.2, -0.15) is 0 Å². The van der Waals surface area contributed by atoms with Crippen molar-refractivity contribution in [3.63, 3.8) is 0 Å². The zero-order valence-electron chi connectivity index (χ0n) is 9.64. The van der Waals surface area contributed by atoms with Crippen LogP contribution < -0.4 is 0 Å². The monoisotopic (exact) mass is 198 g/mol. The minimum atomic E-state index is 0.240. The van der Waals surface area contributed by atoms with Crippen LogP contribution in [-0.2, 0) is 9.53 Å². The largest absolute Gasteiger partial charge is 0.385 e. The van der Waals surface area contributed by atoms with Crippen LogP contribution in [0.3, 0.4) is 0 Å². The molecule has 0 heterocycles. The predicted molar refractivity (Wildman–Crippen MR) is 57.2 cm³/mol. The van der Waals surface area contributed by atoms with Gasteiger partial charge in [-0.05, 0) is 24.7 Å². The number of methoxy groups -OCH3 is 1. The summed E-state index contributed by atoms with van der Waals surface area (Å²) in [4.78, 5) is 11.9. The number of hydrogen-bond donors (Lipinski definition) is 0. The van der Waals surface area contributed by atoms with Gasteiger partial charge >= 0.3 is 0 Å². The van der Waals surface area contributed by atoms with E-state index in [0.29, 0.717) is 24.7 Å². The van der Waals surface area contributed by atoms with Crippen molar-refractivity contribution >= 4 is 5.78 Å². The van der Waals surface area contributed by atoms with E-state index in [9.17, 15) is 4.79 Å². The molecule has 1 rings (SSSR count). The van der Waals surface area contributed by atoms with Gasteiger partial charge in [-0.15, -0.1) is 0 Å². The van der Waals surface area contributed by atoms with E-state index in [1.54, 1.807) is 7.11 Å². The summed E-state index contributed by atoms with van der Waals surface area (Å²) in [7, 11) is 1.68. The van der Waals surface area contributed by atoms with Gasteiger partial charge in [0.15, 0.2) is 0 Å². The second-order valence-corrected chi connectivity index (χ2v) is 5.00. The van der Waals surface area contributed by atoms with E-state index in [4.69, 9.17) is 4.74 Å². The number of hydrogen-bond acceptors (Lipinski definition) is 2. The number of ether oxygens (including phenoxy) is 1. The summed E-state index contributed by atoms with van der Waals surface area (Å²) in [6.07, 6.45) is 5.09. The molecule has 1 fully saturated rings. The minimum Gasteiger partial charge on any atom is -0.385 e. The molecule has 1 saturated carbocycles. The second kappa shape index (κ2) is 4.92. The lowest BCUT2D eigenvalue weighted by atomic mass is 9.78. The van der Waals surface area contributed by atoms with Gasteiger partial charge in [0.25, 0.3) is 0 Å². The van der Waals surface area contributed by atoms with Gasteiger partial charge in [0, 0.05) is 26.1 Å². The Kier molecular flexibility index (Phi) is 4.11. The van der Waals surface area contributed by atoms with Crippen LogP contribution in [0.5, 0.6) is 0 Å². The van der Waals surface area contributed by atoms with Crippen LogP contribution in [0.2, 0.25) is 0 Å². The van der Waals surface area contributed by atoms with Crippen molar-refractivity contribution in [2.75, 3.05) is 13.7 Å². The number of carbonyl (C=O) groups is 1. The highest BCUT2D eigenvalue weighted by Crippen LogP contribution is 2.43. The lowest BCUT2D eigenvalue weighted by Crippen LogP contribution is -2.25. The first-order valence-corrected chi connectivity index (χ1v) is 5.59. The molecule has 82 valence electrons. The second-order valence-electron chi connectivity index (χ2n) is 5.00. The summed E-state index contributed by atoms with van der Waals surface area (Å²) in [5.41, 5.74) is 0.240. The van der Waals surface area contributed by atoms with Crippen LogP contribution in [0, 0.1) is 11.3 Å². The SMILES string of the molecule is COCCCC(=O)C1CCCC1(C)C. The first-order chi connectivity index (χ1) is 6.58. The van der Waals surface area contributed by atoms with Crippen LogP contribution in [0.15, 0.2) is 0 Å². The van der Waals surface area contributed by atoms with Crippen molar-refractivity contribution in [1.82, 2.24) is 0 Å². The molecule has 1 unspecified atom stereocenters. The lowest BCUT2D eigenvalue weighted by molar-refractivity contribution is -0.125. The minimum absolute atomic E-state index is 0.240. The topological polar surface area (TPSA) is 26.3 Å². The summed E-state index contributed by atoms with van der Waals surface area (Å²) >= 11 is 0. The van der Waals surface area contributed by atoms with Gasteiger partial charge < -0.3 is 4.74 Å². The van der Waals surface area contributed by atoms with Crippen molar-refractivity contribution < 1.29 is 9.53 Å². The number of rotatable bonds is 5. The fourth-order valence-electron chi connectivity index (χ4n) is 2.49. The molecule has 2 nitrogen and oxygen atoms in total. The third-order valence-electron chi connectivity index (χ3n) is 3.42. The number of carbonyl (C=O) groups excluding carboxylic acids is 1. The average molecular weight is 198 g/mol. The Bertz CT molecular complexity index is 196. The van der Waals surface area contributed by atoms with Gasteiger partial charge in [-0.3, -0.25) is 4.79 Å². The molecule has 1 aliphatic rings. The summed E-state index contributed by atoms with van der Waals surface area (Å²) in [6.45, 7) is 5.15. The van der Waals surface area contributed by atoms with Crippen molar-refractivity contribution in [1.29, 1.82) is 0 Å². The standard InChI is InChI=1S/C12H22O2/c1-12(2)8-4-6-10(12)11(13)7-5-9-14-3/h10H,4-9H2,1-3H3. The Hall–Kier alpha value is -0.370. The fourth-order valence-corrected chi connectivity index (χ4v) is 2.49. The third kappa shape index (κ3) is 2.81. The van der Waals surface area contributed by atoms with E-state index in [2.05, 4.69) is 13.8 Å². The molecule has 14 heavy (non-hydrogen) atoms. The Morgan fingerprint density at radius 3 is 2.71 bits per heavy atom. The van der Waals surface area contributed by atoms with Crippen molar-refractivity contribution in [3.8, 4) is 0 Å². The molecule has 0 amide bonds. The van der Waals surface area contributed by atoms with Crippen LogP contribution in [0.4, 0.5) is 0 Å². The molecule has 2 heteroatoms. The van der Waals surface area contributed by atoms with Crippen molar-refractivity contribution in [2.45, 2.75) is 46.0 Å². The van der Waals surface area contributed by atoms with Crippen molar-refractivity contribution in [2.24, 2.45) is 11.3 Å². The highest BCUT2D eigenvalue weighted by Gasteiger charge is 2.38. The van der Waals surface area contributed by atoms with Crippen LogP contribution in [0.1, 0.15) is 46.0 Å². The highest BCUT2D eigenvalue weighted by molar-refractivity contribution is 5.82. The maximum absolute atomic E-state index is 11.9. The molecule has 0 spiro atoms. The number of Topliss-reactive ketones (excluding diaryl/α,β-unsaturated/α-hetero) is 1. The summed E-state index contributed by atoms with van der Waals surface area (Å²) in [6, 6.07) is 0. The molecular weight excluding hydrogens is 176 g/mol. The van der Waals surface area contributed by atoms with E-state index in [1.165, 1.54) is 12.8 Å². The Morgan fingerprint density at radius 2 is 2.21 bits per heavy atom. The molecule has 0 radical (unpaired) electrons. The molecule has 0 aromatic carbocycles. The smallest absolute Gasteiger partial charge is 0.136 e. The molecule has 1 aliphatic carbocycles. The van der Waals surface area contributed by atoms with E-state index in [-0.39, 0.29) is 5.41 Å². The average Bonchev–Trinajstić information content (AvgIpc) is 2.45. The summed E-state index contributed by atoms with van der Waals surface area (Å²) < 4.78 is 4.95. The van der Waals surface area contributed by atoms with Gasteiger partial charge in [0.05, 0.1) is 0 Å². The third-order valence-corrected chi connectivity index (χ3v) is 3.42. The van der Waals surface area contributed by atoms with Gasteiger partial charge in [0.2, 0.25) is 0 Å². The van der Waals surface area contributed by atoms with Gasteiger partial charge in [-0.1, -0.05) is 20.3 Å². The molecule has 0 aromatic heterocycles. The van der Waals surface area contributed by atoms with Crippen LogP contribution >= 0.6 is 0 Å². The quantitative estimate of drug-likeness (QED) is 0.635. The van der Waals surface area contributed by atoms with Crippen molar-refractivity contribution in [3.05, 3.63) is 0 Å². The van der Waals surface area contributed by atoms with Crippen LogP contribution in [0.25, 0.3) is 0 Å². The summed E-state index contributed by atoms with van der Waals surface area (Å²) in [5.74, 6) is 0.754. The van der Waals surface area contributed by atoms with Crippen LogP contribution in [-0.4, -0.2) is 19.5 Å². The maximum atomic E-state index is 11.9. The Labute approximate surface area is 87.0 Å². The molecule has 0 saturated heterocycles. The fraction of sp³-hybridized carbons (Fsp3) is 0.917. The Morgan fingerprint density at radius 1 is 1.50 bits per heavy atom. The highest BCUT2D eigenvalue weighted by atomic mass is 16.5. The zero-order chi connectivity index (χ0) is 10.6. The lowest BCUT2D eigenvalue weighted by Gasteiger charge is -2.25. The van der Waals surface area contributed by atoms with E-state index in [0.717, 1.165) is 12.8 Å². The summed E-state index contributed by atoms with van der Waals surface area (Å²) in [5, 5.41) is 0. The van der Waals surface area contributed by atoms with Gasteiger partial charge in [-0.25, -0.2) is 0 Å². The Balaban J connectivity index is 2.36.